The summed E-state index contributed by atoms with van der Waals surface area (Å²) in [6.45, 7) is 0.139. The second-order valence-electron chi connectivity index (χ2n) is 8.00. The summed E-state index contributed by atoms with van der Waals surface area (Å²) in [6, 6.07) is 19.3. The zero-order chi connectivity index (χ0) is 27.2. The molecule has 0 saturated carbocycles. The van der Waals surface area contributed by atoms with E-state index in [1.54, 1.807) is 61.7 Å². The van der Waals surface area contributed by atoms with E-state index in [1.165, 1.54) is 30.9 Å². The van der Waals surface area contributed by atoms with Gasteiger partial charge in [0.05, 0.1) is 47.0 Å². The summed E-state index contributed by atoms with van der Waals surface area (Å²) in [7, 11) is 4.46. The highest BCUT2D eigenvalue weighted by Gasteiger charge is 2.30. The number of esters is 1. The Kier molecular flexibility index (Phi) is 8.36. The molecule has 3 aromatic rings. The molecule has 10 heteroatoms. The smallest absolute Gasteiger partial charge is 0.337 e. The van der Waals surface area contributed by atoms with Crippen molar-refractivity contribution in [2.45, 2.75) is 6.61 Å². The Morgan fingerprint density at radius 2 is 1.89 bits per heavy atom. The number of aliphatic imine (C=N–C) groups is 1. The number of benzene rings is 3. The van der Waals surface area contributed by atoms with Gasteiger partial charge < -0.3 is 14.2 Å². The van der Waals surface area contributed by atoms with Crippen molar-refractivity contribution in [1.82, 2.24) is 4.90 Å². The Bertz CT molecular complexity index is 1500. The summed E-state index contributed by atoms with van der Waals surface area (Å²) in [5, 5.41) is 10.1. The molecule has 38 heavy (non-hydrogen) atoms. The number of nitrogens with zero attached hydrogens (tertiary/aromatic N) is 3. The van der Waals surface area contributed by atoms with E-state index in [0.717, 1.165) is 5.56 Å². The maximum Gasteiger partial charge on any atom is 0.337 e. The summed E-state index contributed by atoms with van der Waals surface area (Å²) in [6.07, 6.45) is 1.70. The van der Waals surface area contributed by atoms with Gasteiger partial charge in [0, 0.05) is 12.6 Å². The van der Waals surface area contributed by atoms with Gasteiger partial charge in [0.25, 0.3) is 5.91 Å². The number of thioether (sulfide) groups is 1. The number of rotatable bonds is 7. The molecule has 1 aliphatic heterocycles. The molecular formula is C28H22ClN3O5S. The molecule has 0 atom stereocenters. The predicted molar refractivity (Wildman–Crippen MR) is 147 cm³/mol. The number of hydrogen-bond acceptors (Lipinski definition) is 8. The normalized spacial score (nSPS) is 15.0. The fourth-order valence-corrected chi connectivity index (χ4v) is 4.83. The number of likely N-dealkylation sites (N-methyl/N-ethyl adjacent to an activating group) is 1. The molecule has 0 spiro atoms. The maximum absolute atomic E-state index is 12.9. The first-order chi connectivity index (χ1) is 18.3. The number of carbonyl (C=O) groups is 2. The molecule has 3 aromatic carbocycles. The monoisotopic (exact) mass is 547 g/mol. The van der Waals surface area contributed by atoms with Crippen LogP contribution < -0.4 is 9.47 Å². The molecule has 1 heterocycles. The number of hydrogen-bond donors (Lipinski definition) is 0. The average molecular weight is 548 g/mol. The van der Waals surface area contributed by atoms with Gasteiger partial charge in [-0.3, -0.25) is 9.69 Å². The van der Waals surface area contributed by atoms with Crippen molar-refractivity contribution < 1.29 is 23.8 Å². The number of carbonyl (C=O) groups excluding carboxylic acids is 2. The zero-order valence-corrected chi connectivity index (χ0v) is 22.3. The van der Waals surface area contributed by atoms with Gasteiger partial charge in [0.1, 0.15) is 6.61 Å². The number of ether oxygens (including phenoxy) is 3. The Morgan fingerprint density at radius 1 is 1.16 bits per heavy atom. The SMILES string of the molecule is COC(=O)c1ccc(N=C2SC(=Cc3cc(Cl)c(OCc4ccccc4C#N)c(OC)c3)C(=O)N2C)cc1. The van der Waals surface area contributed by atoms with Crippen LogP contribution in [-0.4, -0.2) is 43.2 Å². The molecular weight excluding hydrogens is 526 g/mol. The highest BCUT2D eigenvalue weighted by molar-refractivity contribution is 8.18. The minimum absolute atomic E-state index is 0.139. The van der Waals surface area contributed by atoms with E-state index < -0.39 is 5.97 Å². The molecule has 192 valence electrons. The molecule has 0 aromatic heterocycles. The lowest BCUT2D eigenvalue weighted by Gasteiger charge is -2.14. The molecule has 1 amide bonds. The number of methoxy groups -OCH3 is 2. The van der Waals surface area contributed by atoms with E-state index in [4.69, 9.17) is 25.8 Å². The van der Waals surface area contributed by atoms with Gasteiger partial charge in [-0.05, 0) is 65.9 Å². The van der Waals surface area contributed by atoms with Gasteiger partial charge in [-0.2, -0.15) is 5.26 Å². The van der Waals surface area contributed by atoms with Crippen molar-refractivity contribution in [3.8, 4) is 17.6 Å². The van der Waals surface area contributed by atoms with E-state index >= 15 is 0 Å². The van der Waals surface area contributed by atoms with Crippen molar-refractivity contribution in [3.05, 3.63) is 92.8 Å². The van der Waals surface area contributed by atoms with Crippen LogP contribution in [-0.2, 0) is 16.1 Å². The lowest BCUT2D eigenvalue weighted by molar-refractivity contribution is -0.121. The van der Waals surface area contributed by atoms with Gasteiger partial charge in [-0.25, -0.2) is 9.79 Å². The van der Waals surface area contributed by atoms with E-state index in [0.29, 0.717) is 49.0 Å². The Hall–Kier alpha value is -4.26. The molecule has 1 fully saturated rings. The quantitative estimate of drug-likeness (QED) is 0.271. The summed E-state index contributed by atoms with van der Waals surface area (Å²) in [5.41, 5.74) is 2.88. The summed E-state index contributed by atoms with van der Waals surface area (Å²) < 4.78 is 16.1. The van der Waals surface area contributed by atoms with Crippen LogP contribution in [0.3, 0.4) is 0 Å². The molecule has 0 N–H and O–H groups in total. The van der Waals surface area contributed by atoms with Crippen molar-refractivity contribution in [2.75, 3.05) is 21.3 Å². The number of halogens is 1. The van der Waals surface area contributed by atoms with Crippen molar-refractivity contribution in [3.63, 3.8) is 0 Å². The fourth-order valence-electron chi connectivity index (χ4n) is 3.57. The lowest BCUT2D eigenvalue weighted by Crippen LogP contribution is -2.23. The van der Waals surface area contributed by atoms with Crippen molar-refractivity contribution in [2.24, 2.45) is 4.99 Å². The first-order valence-electron chi connectivity index (χ1n) is 11.3. The minimum Gasteiger partial charge on any atom is -0.493 e. The molecule has 1 saturated heterocycles. The highest BCUT2D eigenvalue weighted by atomic mass is 35.5. The number of nitriles is 1. The summed E-state index contributed by atoms with van der Waals surface area (Å²) in [4.78, 5) is 31.0. The van der Waals surface area contributed by atoms with Gasteiger partial charge in [0.2, 0.25) is 0 Å². The molecule has 1 aliphatic rings. The van der Waals surface area contributed by atoms with Crippen LogP contribution >= 0.6 is 23.4 Å². The lowest BCUT2D eigenvalue weighted by atomic mass is 10.1. The average Bonchev–Trinajstić information content (AvgIpc) is 3.19. The molecule has 0 unspecified atom stereocenters. The van der Waals surface area contributed by atoms with Gasteiger partial charge in [0.15, 0.2) is 16.7 Å². The first kappa shape index (κ1) is 26.8. The van der Waals surface area contributed by atoms with Crippen LogP contribution in [0.4, 0.5) is 5.69 Å². The van der Waals surface area contributed by atoms with Crippen LogP contribution in [0.2, 0.25) is 5.02 Å². The summed E-state index contributed by atoms with van der Waals surface area (Å²) >= 11 is 7.74. The van der Waals surface area contributed by atoms with Gasteiger partial charge in [-0.1, -0.05) is 29.8 Å². The molecule has 0 radical (unpaired) electrons. The maximum atomic E-state index is 12.9. The molecule has 8 nitrogen and oxygen atoms in total. The van der Waals surface area contributed by atoms with Crippen molar-refractivity contribution in [1.29, 1.82) is 5.26 Å². The molecule has 4 rings (SSSR count). The number of amides is 1. The van der Waals surface area contributed by atoms with Crippen LogP contribution in [0.25, 0.3) is 6.08 Å². The first-order valence-corrected chi connectivity index (χ1v) is 12.5. The third-order valence-electron chi connectivity index (χ3n) is 5.58. The third-order valence-corrected chi connectivity index (χ3v) is 6.92. The standard InChI is InChI=1S/C28H22ClN3O5S/c1-32-26(33)24(38-28(32)31-21-10-8-18(9-11-21)27(34)36-3)14-17-12-22(29)25(23(13-17)35-2)37-16-20-7-5-4-6-19(20)15-30/h4-14H,16H2,1-3H3. The predicted octanol–water partition coefficient (Wildman–Crippen LogP) is 5.82. The Labute approximate surface area is 229 Å². The van der Waals surface area contributed by atoms with Crippen LogP contribution in [0.15, 0.2) is 70.6 Å². The van der Waals surface area contributed by atoms with Crippen LogP contribution in [0, 0.1) is 11.3 Å². The van der Waals surface area contributed by atoms with E-state index in [2.05, 4.69) is 11.1 Å². The van der Waals surface area contributed by atoms with E-state index in [1.807, 2.05) is 12.1 Å². The van der Waals surface area contributed by atoms with Crippen LogP contribution in [0.5, 0.6) is 11.5 Å². The van der Waals surface area contributed by atoms with E-state index in [9.17, 15) is 14.9 Å². The molecule has 0 aliphatic carbocycles. The zero-order valence-electron chi connectivity index (χ0n) is 20.7. The highest BCUT2D eigenvalue weighted by Crippen LogP contribution is 2.39. The van der Waals surface area contributed by atoms with Crippen LogP contribution in [0.1, 0.15) is 27.0 Å². The van der Waals surface area contributed by atoms with Crippen molar-refractivity contribution >= 4 is 52.2 Å². The van der Waals surface area contributed by atoms with Gasteiger partial charge in [-0.15, -0.1) is 0 Å². The topological polar surface area (TPSA) is 101 Å². The second-order valence-corrected chi connectivity index (χ2v) is 9.42. The largest absolute Gasteiger partial charge is 0.493 e. The molecule has 0 bridgehead atoms. The van der Waals surface area contributed by atoms with E-state index in [-0.39, 0.29) is 12.5 Å². The fraction of sp³-hybridized carbons (Fsp3) is 0.143. The minimum atomic E-state index is -0.436. The number of amidine groups is 1. The summed E-state index contributed by atoms with van der Waals surface area (Å²) in [5.74, 6) is 0.0734. The third kappa shape index (κ3) is 5.83. The second kappa shape index (κ2) is 11.9. The van der Waals surface area contributed by atoms with Gasteiger partial charge >= 0.3 is 5.97 Å². The Morgan fingerprint density at radius 3 is 2.58 bits per heavy atom. The Balaban J connectivity index is 1.55.